The highest BCUT2D eigenvalue weighted by molar-refractivity contribution is 6.14. The third-order valence-electron chi connectivity index (χ3n) is 19.5. The lowest BCUT2D eigenvalue weighted by Crippen LogP contribution is -2.30. The number of aromatic nitrogens is 6. The third-order valence-corrected chi connectivity index (χ3v) is 19.5. The van der Waals surface area contributed by atoms with E-state index in [2.05, 4.69) is 238 Å². The average molecular weight is 1260 g/mol. The Labute approximate surface area is 569 Å². The first-order valence-corrected chi connectivity index (χ1v) is 33.0. The largest absolute Gasteiger partial charge is 0.289 e. The summed E-state index contributed by atoms with van der Waals surface area (Å²) in [5.41, 5.74) is 25.3. The molecule has 15 aromatic rings. The zero-order chi connectivity index (χ0) is 66.5. The summed E-state index contributed by atoms with van der Waals surface area (Å²) in [6.45, 7) is 8.82. The molecular weight excluding hydrogens is 1200 g/mol. The van der Waals surface area contributed by atoms with E-state index < -0.39 is 0 Å². The molecule has 98 heavy (non-hydrogen) atoms. The van der Waals surface area contributed by atoms with Crippen molar-refractivity contribution in [3.63, 3.8) is 0 Å². The summed E-state index contributed by atoms with van der Waals surface area (Å²) in [7, 11) is 0. The van der Waals surface area contributed by atoms with Crippen molar-refractivity contribution in [2.24, 2.45) is 0 Å². The number of hydrogen-bond acceptors (Lipinski definition) is 8. The summed E-state index contributed by atoms with van der Waals surface area (Å²) in [4.78, 5) is 55.9. The zero-order valence-corrected chi connectivity index (χ0v) is 54.5. The lowest BCUT2D eigenvalue weighted by molar-refractivity contribution is 0.102. The van der Waals surface area contributed by atoms with E-state index in [0.29, 0.717) is 17.5 Å². The Bertz CT molecular complexity index is 5530. The lowest BCUT2D eigenvalue weighted by Gasteiger charge is -2.34. The normalized spacial score (nSPS) is 13.1. The Morgan fingerprint density at radius 1 is 0.255 bits per heavy atom. The quantitative estimate of drug-likeness (QED) is 0.133. The molecule has 2 aliphatic rings. The predicted octanol–water partition coefficient (Wildman–Crippen LogP) is 21.3. The van der Waals surface area contributed by atoms with Crippen molar-refractivity contribution in [2.45, 2.75) is 38.5 Å². The summed E-state index contributed by atoms with van der Waals surface area (Å²) in [6.07, 6.45) is 3.35. The van der Waals surface area contributed by atoms with Gasteiger partial charge >= 0.3 is 0 Å². The first kappa shape index (κ1) is 60.4. The van der Waals surface area contributed by atoms with Crippen LogP contribution in [0.15, 0.2) is 316 Å². The van der Waals surface area contributed by atoms with Gasteiger partial charge in [0.05, 0.1) is 16.9 Å². The van der Waals surface area contributed by atoms with Crippen LogP contribution in [-0.2, 0) is 10.8 Å². The SMILES string of the molecule is CC1(C)c2ccccc2C(=O)c2cc(-c3ccccc3-c3ccccc3-c3cc(-c4ccccc4)cc(-c4ccccc4)n3)ccc21.CC1(C)c2ccccc2C(=O)c2ccc(-c3ccc(-c4ccc(-c5nc(-c6ccccc6)nc(-c6cccc7ncncc67)n5)cc4)cc3)cc21. The van der Waals surface area contributed by atoms with Crippen LogP contribution in [0, 0.1) is 0 Å². The van der Waals surface area contributed by atoms with Crippen LogP contribution in [0.1, 0.15) is 81.8 Å². The van der Waals surface area contributed by atoms with Gasteiger partial charge in [-0.2, -0.15) is 0 Å². The van der Waals surface area contributed by atoms with E-state index in [9.17, 15) is 9.59 Å². The van der Waals surface area contributed by atoms with Gasteiger partial charge in [-0.05, 0) is 108 Å². The number of nitrogens with zero attached hydrogens (tertiary/aromatic N) is 6. The fourth-order valence-electron chi connectivity index (χ4n) is 14.3. The van der Waals surface area contributed by atoms with Gasteiger partial charge in [-0.1, -0.05) is 301 Å². The van der Waals surface area contributed by atoms with Crippen LogP contribution in [0.25, 0.3) is 123 Å². The van der Waals surface area contributed by atoms with Crippen molar-refractivity contribution in [1.29, 1.82) is 0 Å². The first-order chi connectivity index (χ1) is 47.9. The van der Waals surface area contributed by atoms with Gasteiger partial charge in [0, 0.05) is 72.5 Å². The molecule has 0 amide bonds. The first-order valence-electron chi connectivity index (χ1n) is 33.0. The van der Waals surface area contributed by atoms with Crippen LogP contribution in [0.4, 0.5) is 0 Å². The number of benzene rings is 12. The smallest absolute Gasteiger partial charge is 0.193 e. The number of pyridine rings is 1. The van der Waals surface area contributed by atoms with E-state index in [4.69, 9.17) is 19.9 Å². The molecule has 0 saturated heterocycles. The Hall–Kier alpha value is -12.5. The molecule has 0 fully saturated rings. The highest BCUT2D eigenvalue weighted by Crippen LogP contribution is 2.46. The van der Waals surface area contributed by atoms with E-state index in [0.717, 1.165) is 150 Å². The molecule has 2 aliphatic carbocycles. The number of fused-ring (bicyclic) bond motifs is 5. The summed E-state index contributed by atoms with van der Waals surface area (Å²) >= 11 is 0. The standard InChI is InChI=1S/C45H31N5O.C45H33NO/c1-45(2)38-13-7-6-11-35(38)41(51)36-24-23-33(25-39(36)45)30-17-15-28(16-18-30)29-19-21-32(22-20-29)43-48-42(31-9-4-3-5-10-31)49-44(50-43)34-12-8-14-40-37(34)26-46-27-47-40;1-45(2)40-24-14-13-23-38(40)44(47)39-27-32(25-26-41(39)45)34-19-9-10-20-35(34)36-21-11-12-22-37(36)43-29-33(30-15-5-3-6-16-30)28-42(46-43)31-17-7-4-8-18-31/h3-27H,1-2H3;3-29H,1-2H3. The van der Waals surface area contributed by atoms with Gasteiger partial charge < -0.3 is 0 Å². The predicted molar refractivity (Wildman–Crippen MR) is 396 cm³/mol. The molecule has 466 valence electrons. The van der Waals surface area contributed by atoms with E-state index in [-0.39, 0.29) is 22.4 Å². The van der Waals surface area contributed by atoms with Crippen molar-refractivity contribution in [2.75, 3.05) is 0 Å². The second-order valence-corrected chi connectivity index (χ2v) is 26.1. The molecule has 8 heteroatoms. The highest BCUT2D eigenvalue weighted by Gasteiger charge is 2.38. The number of hydrogen-bond donors (Lipinski definition) is 0. The van der Waals surface area contributed by atoms with Crippen molar-refractivity contribution in [3.05, 3.63) is 360 Å². The fraction of sp³-hybridized carbons (Fsp3) is 0.0667. The number of carbonyl (C=O) groups is 2. The summed E-state index contributed by atoms with van der Waals surface area (Å²) in [6, 6.07) is 104. The number of carbonyl (C=O) groups excluding carboxylic acids is 2. The minimum Gasteiger partial charge on any atom is -0.289 e. The van der Waals surface area contributed by atoms with Crippen LogP contribution in [0.2, 0.25) is 0 Å². The molecule has 12 aromatic carbocycles. The molecule has 0 spiro atoms. The molecule has 0 bridgehead atoms. The van der Waals surface area contributed by atoms with Gasteiger partial charge in [-0.3, -0.25) is 9.59 Å². The van der Waals surface area contributed by atoms with Crippen molar-refractivity contribution < 1.29 is 9.59 Å². The molecule has 0 radical (unpaired) electrons. The third kappa shape index (κ3) is 11.1. The maximum Gasteiger partial charge on any atom is 0.193 e. The molecule has 3 aromatic heterocycles. The molecule has 0 atom stereocenters. The lowest BCUT2D eigenvalue weighted by atomic mass is 9.68. The van der Waals surface area contributed by atoms with Gasteiger partial charge in [0.15, 0.2) is 29.0 Å². The van der Waals surface area contributed by atoms with E-state index in [1.54, 1.807) is 12.5 Å². The molecule has 0 aliphatic heterocycles. The molecule has 0 unspecified atom stereocenters. The zero-order valence-electron chi connectivity index (χ0n) is 54.5. The second kappa shape index (κ2) is 25.0. The molecule has 17 rings (SSSR count). The molecule has 0 saturated carbocycles. The van der Waals surface area contributed by atoms with E-state index in [1.165, 1.54) is 0 Å². The van der Waals surface area contributed by atoms with Crippen LogP contribution >= 0.6 is 0 Å². The van der Waals surface area contributed by atoms with Crippen molar-refractivity contribution in [3.8, 4) is 112 Å². The van der Waals surface area contributed by atoms with Gasteiger partial charge in [-0.15, -0.1) is 0 Å². The van der Waals surface area contributed by atoms with Crippen molar-refractivity contribution in [1.82, 2.24) is 29.9 Å². The van der Waals surface area contributed by atoms with Gasteiger partial charge in [0.2, 0.25) is 0 Å². The second-order valence-electron chi connectivity index (χ2n) is 26.1. The van der Waals surface area contributed by atoms with Gasteiger partial charge in [0.25, 0.3) is 0 Å². The highest BCUT2D eigenvalue weighted by atomic mass is 16.1. The maximum atomic E-state index is 13.9. The minimum atomic E-state index is -0.276. The Morgan fingerprint density at radius 2 is 0.673 bits per heavy atom. The Kier molecular flexibility index (Phi) is 15.4. The van der Waals surface area contributed by atoms with Crippen LogP contribution in [0.3, 0.4) is 0 Å². The minimum absolute atomic E-state index is 0.0880. The topological polar surface area (TPSA) is 111 Å². The summed E-state index contributed by atoms with van der Waals surface area (Å²) in [5.74, 6) is 1.94. The number of rotatable bonds is 10. The Morgan fingerprint density at radius 3 is 1.31 bits per heavy atom. The van der Waals surface area contributed by atoms with E-state index in [1.807, 2.05) is 103 Å². The summed E-state index contributed by atoms with van der Waals surface area (Å²) in [5, 5.41) is 0.882. The fourth-order valence-corrected chi connectivity index (χ4v) is 14.3. The summed E-state index contributed by atoms with van der Waals surface area (Å²) < 4.78 is 0. The van der Waals surface area contributed by atoms with Gasteiger partial charge in [-0.25, -0.2) is 29.9 Å². The molecular formula is C90H64N6O2. The van der Waals surface area contributed by atoms with Gasteiger partial charge in [0.1, 0.15) is 6.33 Å². The van der Waals surface area contributed by atoms with Crippen LogP contribution < -0.4 is 0 Å². The van der Waals surface area contributed by atoms with E-state index >= 15 is 0 Å². The molecule has 3 heterocycles. The average Bonchev–Trinajstić information content (AvgIpc) is 0.739. The Balaban J connectivity index is 0.000000154. The van der Waals surface area contributed by atoms with Crippen LogP contribution in [-0.4, -0.2) is 41.5 Å². The van der Waals surface area contributed by atoms with Crippen molar-refractivity contribution >= 4 is 22.5 Å². The molecule has 0 N–H and O–H groups in total. The monoisotopic (exact) mass is 1260 g/mol. The maximum absolute atomic E-state index is 13.9. The number of ketones is 2. The van der Waals surface area contributed by atoms with Crippen LogP contribution in [0.5, 0.6) is 0 Å². The molecule has 8 nitrogen and oxygen atoms in total.